The van der Waals surface area contributed by atoms with Gasteiger partial charge in [-0.05, 0) is 76.4 Å². The molecule has 2 aromatic rings. The summed E-state index contributed by atoms with van der Waals surface area (Å²) in [5.41, 5.74) is 8.45. The molecule has 0 spiro atoms. The lowest BCUT2D eigenvalue weighted by atomic mass is 9.80. The van der Waals surface area contributed by atoms with Crippen LogP contribution in [0.3, 0.4) is 0 Å². The number of aliphatic imine (C=N–C) groups is 1. The molecule has 0 aromatic heterocycles. The molecule has 0 fully saturated rings. The summed E-state index contributed by atoms with van der Waals surface area (Å²) in [6.45, 7) is 28.1. The highest BCUT2D eigenvalue weighted by molar-refractivity contribution is 5.85. The molecule has 1 unspecified atom stereocenters. The zero-order valence-electron chi connectivity index (χ0n) is 24.8. The highest BCUT2D eigenvalue weighted by atomic mass is 19.1. The molecule has 2 aromatic carbocycles. The predicted molar refractivity (Wildman–Crippen MR) is 170 cm³/mol. The van der Waals surface area contributed by atoms with E-state index >= 15 is 0 Å². The second-order valence-corrected chi connectivity index (χ2v) is 10.4. The highest BCUT2D eigenvalue weighted by Gasteiger charge is 2.29. The van der Waals surface area contributed by atoms with Gasteiger partial charge in [0.1, 0.15) is 11.7 Å². The number of allylic oxidation sites excluding steroid dienone is 2. The number of nitrogens with zero attached hydrogens (tertiary/aromatic N) is 1. The van der Waals surface area contributed by atoms with Gasteiger partial charge in [-0.1, -0.05) is 59.9 Å². The van der Waals surface area contributed by atoms with E-state index in [1.54, 1.807) is 12.1 Å². The lowest BCUT2D eigenvalue weighted by Crippen LogP contribution is -2.26. The van der Waals surface area contributed by atoms with Gasteiger partial charge in [0, 0.05) is 42.9 Å². The normalized spacial score (nSPS) is 14.9. The molecule has 0 bridgehead atoms. The Hall–Kier alpha value is -3.84. The van der Waals surface area contributed by atoms with Crippen molar-refractivity contribution >= 4 is 17.6 Å². The maximum Gasteiger partial charge on any atom is 0.124 e. The zero-order chi connectivity index (χ0) is 29.8. The number of aryl methyl sites for hydroxylation is 1. The minimum atomic E-state index is -0.192. The summed E-state index contributed by atoms with van der Waals surface area (Å²) in [4.78, 5) is 4.67. The molecule has 4 rings (SSSR count). The van der Waals surface area contributed by atoms with Crippen molar-refractivity contribution in [3.05, 3.63) is 108 Å². The number of terminal acetylenes is 1. The molecule has 0 saturated heterocycles. The van der Waals surface area contributed by atoms with Crippen LogP contribution in [0.5, 0.6) is 0 Å². The summed E-state index contributed by atoms with van der Waals surface area (Å²) in [7, 11) is 0. The summed E-state index contributed by atoms with van der Waals surface area (Å²) in [5, 5.41) is 6.82. The van der Waals surface area contributed by atoms with Crippen molar-refractivity contribution in [1.29, 1.82) is 0 Å². The van der Waals surface area contributed by atoms with Crippen molar-refractivity contribution in [2.75, 3.05) is 11.9 Å². The van der Waals surface area contributed by atoms with E-state index in [4.69, 9.17) is 0 Å². The van der Waals surface area contributed by atoms with Gasteiger partial charge in [-0.3, -0.25) is 4.99 Å². The fraction of sp³-hybridized carbons (Fsp3) is 0.343. The van der Waals surface area contributed by atoms with Gasteiger partial charge in [0.25, 0.3) is 0 Å². The first kappa shape index (κ1) is 33.2. The van der Waals surface area contributed by atoms with Crippen molar-refractivity contribution in [1.82, 2.24) is 5.32 Å². The van der Waals surface area contributed by atoms with Gasteiger partial charge in [0.15, 0.2) is 0 Å². The third-order valence-electron chi connectivity index (χ3n) is 6.71. The first-order valence-electron chi connectivity index (χ1n) is 13.4. The number of halogens is 1. The summed E-state index contributed by atoms with van der Waals surface area (Å²) in [6, 6.07) is 11.5. The van der Waals surface area contributed by atoms with E-state index < -0.39 is 0 Å². The molecule has 2 aliphatic rings. The van der Waals surface area contributed by atoms with Crippen molar-refractivity contribution in [2.24, 2.45) is 16.3 Å². The predicted octanol–water partition coefficient (Wildman–Crippen LogP) is 8.89. The first-order chi connectivity index (χ1) is 18.6. The number of hydrogen-bond acceptors (Lipinski definition) is 3. The van der Waals surface area contributed by atoms with E-state index in [1.807, 2.05) is 26.8 Å². The van der Waals surface area contributed by atoms with Crippen molar-refractivity contribution in [3.8, 4) is 12.8 Å². The average Bonchev–Trinajstić information content (AvgIpc) is 3.56. The van der Waals surface area contributed by atoms with Gasteiger partial charge in [0.2, 0.25) is 0 Å². The molecule has 1 atom stereocenters. The van der Waals surface area contributed by atoms with E-state index in [-0.39, 0.29) is 11.2 Å². The molecule has 2 N–H and O–H groups in total. The Bertz CT molecular complexity index is 1210. The van der Waals surface area contributed by atoms with Gasteiger partial charge in [-0.25, -0.2) is 4.39 Å². The van der Waals surface area contributed by atoms with Gasteiger partial charge in [0.05, 0.1) is 0 Å². The van der Waals surface area contributed by atoms with Crippen LogP contribution in [0.1, 0.15) is 63.3 Å². The maximum atomic E-state index is 13.7. The minimum absolute atomic E-state index is 0.192. The summed E-state index contributed by atoms with van der Waals surface area (Å²) in [6.07, 6.45) is 12.5. The van der Waals surface area contributed by atoms with Gasteiger partial charge in [-0.15, -0.1) is 26.0 Å². The van der Waals surface area contributed by atoms with Crippen molar-refractivity contribution < 1.29 is 4.39 Å². The van der Waals surface area contributed by atoms with Crippen LogP contribution >= 0.6 is 0 Å². The van der Waals surface area contributed by atoms with Gasteiger partial charge in [-0.2, -0.15) is 0 Å². The first-order valence-corrected chi connectivity index (χ1v) is 13.4. The largest absolute Gasteiger partial charge is 0.356 e. The number of nitrogens with one attached hydrogen (secondary N) is 2. The van der Waals surface area contributed by atoms with E-state index in [1.165, 1.54) is 11.1 Å². The fourth-order valence-electron chi connectivity index (χ4n) is 4.50. The van der Waals surface area contributed by atoms with Crippen molar-refractivity contribution in [3.63, 3.8) is 0 Å². The molecular weight excluding hydrogens is 481 g/mol. The topological polar surface area (TPSA) is 36.4 Å². The Kier molecular flexibility index (Phi) is 13.2. The van der Waals surface area contributed by atoms with Crippen LogP contribution in [0.25, 0.3) is 6.08 Å². The van der Waals surface area contributed by atoms with E-state index in [9.17, 15) is 4.39 Å². The standard InChI is InChI=1S/C29H34FN3.C2H6.C2H4.C2H2/c1-18-11-25(30)14-23-13-22(15-27(18)23)20(3)33-26-9-7-21(8-10-26)12-19(2)32-28-16-24(17-31-28)29(4,5)6;3*1-2/h7-11,13-14,24,33H,2-3,12,15-17H2,1,4-6H3,(H,31,32);1-2H3;1-2H2;1-2H. The van der Waals surface area contributed by atoms with E-state index in [2.05, 4.69) is 99.8 Å². The number of rotatable bonds is 6. The molecular formula is C35H46FN3. The van der Waals surface area contributed by atoms with Crippen LogP contribution in [0.2, 0.25) is 0 Å². The molecule has 39 heavy (non-hydrogen) atoms. The van der Waals surface area contributed by atoms with Crippen molar-refractivity contribution in [2.45, 2.75) is 60.8 Å². The number of anilines is 1. The third-order valence-corrected chi connectivity index (χ3v) is 6.71. The average molecular weight is 528 g/mol. The van der Waals surface area contributed by atoms with Crippen LogP contribution < -0.4 is 10.6 Å². The molecule has 208 valence electrons. The molecule has 0 amide bonds. The lowest BCUT2D eigenvalue weighted by molar-refractivity contribution is 0.265. The van der Waals surface area contributed by atoms with Crippen LogP contribution in [0, 0.1) is 36.9 Å². The SMILES string of the molecule is C#C.C=C.C=C(Cc1ccc(NC(=C)C2=Cc3cc(F)cc(C)c3C2)cc1)NC1=NCC(C(C)(C)C)C1.CC. The van der Waals surface area contributed by atoms with Crippen LogP contribution in [-0.4, -0.2) is 12.4 Å². The molecule has 4 heteroatoms. The van der Waals surface area contributed by atoms with E-state index in [0.29, 0.717) is 5.92 Å². The Morgan fingerprint density at radius 2 is 1.67 bits per heavy atom. The minimum Gasteiger partial charge on any atom is -0.356 e. The fourth-order valence-corrected chi connectivity index (χ4v) is 4.50. The Morgan fingerprint density at radius 1 is 1.05 bits per heavy atom. The molecule has 3 nitrogen and oxygen atoms in total. The summed E-state index contributed by atoms with van der Waals surface area (Å²) in [5.74, 6) is 1.44. The Balaban J connectivity index is 0.00000119. The quantitative estimate of drug-likeness (QED) is 0.291. The highest BCUT2D eigenvalue weighted by Crippen LogP contribution is 2.33. The molecule has 1 aliphatic heterocycles. The van der Waals surface area contributed by atoms with Crippen LogP contribution in [-0.2, 0) is 12.8 Å². The van der Waals surface area contributed by atoms with Crippen LogP contribution in [0.4, 0.5) is 10.1 Å². The molecule has 0 radical (unpaired) electrons. The monoisotopic (exact) mass is 527 g/mol. The number of hydrogen-bond donors (Lipinski definition) is 2. The third kappa shape index (κ3) is 9.45. The lowest BCUT2D eigenvalue weighted by Gasteiger charge is -2.25. The molecule has 1 aliphatic carbocycles. The maximum absolute atomic E-state index is 13.7. The zero-order valence-corrected chi connectivity index (χ0v) is 24.8. The second kappa shape index (κ2) is 15.5. The van der Waals surface area contributed by atoms with Gasteiger partial charge >= 0.3 is 0 Å². The summed E-state index contributed by atoms with van der Waals surface area (Å²) < 4.78 is 13.7. The Morgan fingerprint density at radius 3 is 2.23 bits per heavy atom. The van der Waals surface area contributed by atoms with Crippen LogP contribution in [0.15, 0.2) is 84.7 Å². The smallest absolute Gasteiger partial charge is 0.124 e. The number of fused-ring (bicyclic) bond motifs is 1. The van der Waals surface area contributed by atoms with E-state index in [0.717, 1.165) is 65.4 Å². The molecule has 0 saturated carbocycles. The summed E-state index contributed by atoms with van der Waals surface area (Å²) >= 11 is 0. The second-order valence-electron chi connectivity index (χ2n) is 10.4. The van der Waals surface area contributed by atoms with Gasteiger partial charge < -0.3 is 10.6 Å². The molecule has 1 heterocycles. The Labute approximate surface area is 236 Å². The number of benzene rings is 2. The number of amidine groups is 1.